The molecule has 0 saturated heterocycles. The van der Waals surface area contributed by atoms with E-state index in [-0.39, 0.29) is 23.9 Å². The number of aromatic nitrogens is 2. The Hall–Kier alpha value is -3.34. The number of carbonyl (C=O) groups excluding carboxylic acids is 1. The zero-order valence-corrected chi connectivity index (χ0v) is 19.9. The van der Waals surface area contributed by atoms with Crippen molar-refractivity contribution in [1.29, 1.82) is 5.26 Å². The smallest absolute Gasteiger partial charge is 0.316 e. The van der Waals surface area contributed by atoms with E-state index in [9.17, 15) is 4.79 Å². The summed E-state index contributed by atoms with van der Waals surface area (Å²) in [4.78, 5) is 12.7. The van der Waals surface area contributed by atoms with Crippen LogP contribution >= 0.6 is 12.4 Å². The summed E-state index contributed by atoms with van der Waals surface area (Å²) in [7, 11) is 0. The number of fused-ring (bicyclic) bond motifs is 1. The Bertz CT molecular complexity index is 1190. The third-order valence-corrected chi connectivity index (χ3v) is 5.55. The summed E-state index contributed by atoms with van der Waals surface area (Å²) in [5.41, 5.74) is 5.34. The molecule has 0 bridgehead atoms. The number of nitrogens with one attached hydrogen (secondary N) is 3. The number of rotatable bonds is 3. The molecule has 1 aromatic heterocycles. The SMILES string of the molecule is CC(C)(C)c1cc(NC(=O)Nc2cccc(C#N)c2)n(-c2ccc3c(c2)CCNCC3)n1.Cl. The number of nitrogens with zero attached hydrogens (tertiary/aromatic N) is 3. The van der Waals surface area contributed by atoms with Crippen LogP contribution in [0, 0.1) is 11.3 Å². The Labute approximate surface area is 200 Å². The molecule has 1 aliphatic rings. The number of nitriles is 1. The third kappa shape index (κ3) is 5.72. The maximum Gasteiger partial charge on any atom is 0.324 e. The van der Waals surface area contributed by atoms with E-state index in [1.54, 1.807) is 28.9 Å². The Kier molecular flexibility index (Phi) is 7.42. The molecule has 0 spiro atoms. The minimum Gasteiger partial charge on any atom is -0.316 e. The van der Waals surface area contributed by atoms with Gasteiger partial charge in [0.15, 0.2) is 0 Å². The molecule has 4 rings (SSSR count). The van der Waals surface area contributed by atoms with Gasteiger partial charge in [0, 0.05) is 17.2 Å². The van der Waals surface area contributed by atoms with Crippen molar-refractivity contribution in [3.8, 4) is 11.8 Å². The van der Waals surface area contributed by atoms with Crippen molar-refractivity contribution >= 4 is 29.9 Å². The Balaban J connectivity index is 0.00000306. The zero-order valence-electron chi connectivity index (χ0n) is 19.1. The van der Waals surface area contributed by atoms with Gasteiger partial charge in [-0.1, -0.05) is 32.9 Å². The van der Waals surface area contributed by atoms with Gasteiger partial charge >= 0.3 is 6.03 Å². The second kappa shape index (κ2) is 10.1. The van der Waals surface area contributed by atoms with Gasteiger partial charge in [-0.05, 0) is 67.4 Å². The first-order chi connectivity index (χ1) is 15.3. The highest BCUT2D eigenvalue weighted by molar-refractivity contribution is 5.99. The van der Waals surface area contributed by atoms with Gasteiger partial charge in [0.25, 0.3) is 0 Å². The summed E-state index contributed by atoms with van der Waals surface area (Å²) in [6.45, 7) is 8.24. The summed E-state index contributed by atoms with van der Waals surface area (Å²) < 4.78 is 1.80. The molecule has 7 nitrogen and oxygen atoms in total. The van der Waals surface area contributed by atoms with E-state index < -0.39 is 0 Å². The minimum absolute atomic E-state index is 0. The topological polar surface area (TPSA) is 94.8 Å². The molecular weight excluding hydrogens is 436 g/mol. The van der Waals surface area contributed by atoms with Crippen molar-refractivity contribution in [2.45, 2.75) is 39.0 Å². The highest BCUT2D eigenvalue weighted by Gasteiger charge is 2.22. The summed E-state index contributed by atoms with van der Waals surface area (Å²) in [5.74, 6) is 0.593. The molecular formula is C25H29ClN6O. The van der Waals surface area contributed by atoms with Crippen molar-refractivity contribution in [3.63, 3.8) is 0 Å². The molecule has 172 valence electrons. The van der Waals surface area contributed by atoms with Crippen molar-refractivity contribution in [2.75, 3.05) is 23.7 Å². The zero-order chi connectivity index (χ0) is 22.7. The van der Waals surface area contributed by atoms with Crippen LogP contribution in [-0.2, 0) is 18.3 Å². The molecule has 0 atom stereocenters. The summed E-state index contributed by atoms with van der Waals surface area (Å²) >= 11 is 0. The lowest BCUT2D eigenvalue weighted by Crippen LogP contribution is -2.21. The van der Waals surface area contributed by atoms with Gasteiger partial charge in [0.1, 0.15) is 5.82 Å². The average molecular weight is 465 g/mol. The van der Waals surface area contributed by atoms with Crippen LogP contribution in [-0.4, -0.2) is 28.9 Å². The standard InChI is InChI=1S/C25H28N6O.ClH/c1-25(2,3)22-15-23(29-24(32)28-20-6-4-5-17(13-20)16-26)31(30-22)21-8-7-18-9-11-27-12-10-19(18)14-21;/h4-8,13-15,27H,9-12H2,1-3H3,(H2,28,29,32);1H. The quantitative estimate of drug-likeness (QED) is 0.519. The van der Waals surface area contributed by atoms with Crippen LogP contribution in [0.15, 0.2) is 48.5 Å². The number of hydrogen-bond acceptors (Lipinski definition) is 4. The molecule has 2 aromatic carbocycles. The molecule has 1 aliphatic heterocycles. The van der Waals surface area contributed by atoms with Gasteiger partial charge in [-0.3, -0.25) is 5.32 Å². The molecule has 2 amide bonds. The minimum atomic E-state index is -0.388. The van der Waals surface area contributed by atoms with Gasteiger partial charge in [-0.2, -0.15) is 10.4 Å². The van der Waals surface area contributed by atoms with Gasteiger partial charge in [-0.25, -0.2) is 9.48 Å². The first kappa shape index (κ1) is 24.3. The molecule has 33 heavy (non-hydrogen) atoms. The van der Waals surface area contributed by atoms with E-state index in [1.807, 2.05) is 6.07 Å². The Morgan fingerprint density at radius 3 is 2.55 bits per heavy atom. The molecule has 0 saturated carbocycles. The Morgan fingerprint density at radius 2 is 1.82 bits per heavy atom. The first-order valence-electron chi connectivity index (χ1n) is 10.8. The molecule has 0 fully saturated rings. The number of carbonyl (C=O) groups is 1. The van der Waals surface area contributed by atoms with Crippen molar-refractivity contribution in [3.05, 3.63) is 70.9 Å². The summed E-state index contributed by atoms with van der Waals surface area (Å²) in [6.07, 6.45) is 1.98. The lowest BCUT2D eigenvalue weighted by molar-refractivity contribution is 0.262. The van der Waals surface area contributed by atoms with E-state index in [0.717, 1.165) is 37.3 Å². The largest absolute Gasteiger partial charge is 0.324 e. The van der Waals surface area contributed by atoms with Crippen molar-refractivity contribution in [1.82, 2.24) is 15.1 Å². The number of urea groups is 1. The monoisotopic (exact) mass is 464 g/mol. The fraction of sp³-hybridized carbons (Fsp3) is 0.320. The predicted octanol–water partition coefficient (Wildman–Crippen LogP) is 4.80. The molecule has 8 heteroatoms. The molecule has 3 N–H and O–H groups in total. The van der Waals surface area contributed by atoms with Crippen LogP contribution in [0.5, 0.6) is 0 Å². The van der Waals surface area contributed by atoms with Crippen LogP contribution in [0.25, 0.3) is 5.69 Å². The first-order valence-corrected chi connectivity index (χ1v) is 10.8. The van der Waals surface area contributed by atoms with E-state index >= 15 is 0 Å². The van der Waals surface area contributed by atoms with Gasteiger partial charge in [-0.15, -0.1) is 12.4 Å². The number of halogens is 1. The second-order valence-corrected chi connectivity index (χ2v) is 9.05. The van der Waals surface area contributed by atoms with Crippen LogP contribution < -0.4 is 16.0 Å². The van der Waals surface area contributed by atoms with E-state index in [4.69, 9.17) is 10.4 Å². The van der Waals surface area contributed by atoms with E-state index in [2.05, 4.69) is 61.0 Å². The third-order valence-electron chi connectivity index (χ3n) is 5.55. The maximum atomic E-state index is 12.7. The highest BCUT2D eigenvalue weighted by atomic mass is 35.5. The van der Waals surface area contributed by atoms with E-state index in [0.29, 0.717) is 17.1 Å². The lowest BCUT2D eigenvalue weighted by Gasteiger charge is -2.14. The normalized spacial score (nSPS) is 13.2. The molecule has 0 radical (unpaired) electrons. The average Bonchev–Trinajstić information content (AvgIpc) is 3.04. The van der Waals surface area contributed by atoms with Crippen molar-refractivity contribution < 1.29 is 4.79 Å². The second-order valence-electron chi connectivity index (χ2n) is 9.05. The Morgan fingerprint density at radius 1 is 1.06 bits per heavy atom. The summed E-state index contributed by atoms with van der Waals surface area (Å²) in [5, 5.41) is 23.1. The van der Waals surface area contributed by atoms with Crippen LogP contribution in [0.3, 0.4) is 0 Å². The lowest BCUT2D eigenvalue weighted by atomic mass is 9.92. The van der Waals surface area contributed by atoms with Gasteiger partial charge in [0.05, 0.1) is 23.0 Å². The molecule has 0 unspecified atom stereocenters. The fourth-order valence-corrected chi connectivity index (χ4v) is 3.77. The number of amides is 2. The van der Waals surface area contributed by atoms with E-state index in [1.165, 1.54) is 11.1 Å². The van der Waals surface area contributed by atoms with Crippen LogP contribution in [0.4, 0.5) is 16.3 Å². The highest BCUT2D eigenvalue weighted by Crippen LogP contribution is 2.28. The fourth-order valence-electron chi connectivity index (χ4n) is 3.77. The number of hydrogen-bond donors (Lipinski definition) is 3. The maximum absolute atomic E-state index is 12.7. The van der Waals surface area contributed by atoms with Gasteiger partial charge in [0.2, 0.25) is 0 Å². The molecule has 0 aliphatic carbocycles. The van der Waals surface area contributed by atoms with Gasteiger partial charge < -0.3 is 10.6 Å². The van der Waals surface area contributed by atoms with Crippen molar-refractivity contribution in [2.24, 2.45) is 0 Å². The molecule has 2 heterocycles. The predicted molar refractivity (Wildman–Crippen MR) is 134 cm³/mol. The molecule has 3 aromatic rings. The summed E-state index contributed by atoms with van der Waals surface area (Å²) in [6, 6.07) is 16.8. The van der Waals surface area contributed by atoms with Crippen LogP contribution in [0.2, 0.25) is 0 Å². The number of anilines is 2. The van der Waals surface area contributed by atoms with Crippen LogP contribution in [0.1, 0.15) is 43.2 Å². The number of benzene rings is 2.